The molecule has 7 heteroatoms. The Balaban J connectivity index is 1.87. The first-order valence-corrected chi connectivity index (χ1v) is 9.75. The predicted molar refractivity (Wildman–Crippen MR) is 101 cm³/mol. The SMILES string of the molecule is CN(C(=O)c1ccc(N2C(=O)C(C)(C)CS2(=O)=O)cc1)c1ccccc1. The van der Waals surface area contributed by atoms with Gasteiger partial charge in [0.2, 0.25) is 15.9 Å². The van der Waals surface area contributed by atoms with Gasteiger partial charge < -0.3 is 4.90 Å². The molecule has 0 spiro atoms. The highest BCUT2D eigenvalue weighted by molar-refractivity contribution is 7.94. The Labute approximate surface area is 153 Å². The molecular formula is C19H20N2O4S. The normalized spacial score (nSPS) is 18.0. The second-order valence-electron chi connectivity index (χ2n) is 6.96. The number of hydrogen-bond acceptors (Lipinski definition) is 4. The lowest BCUT2D eigenvalue weighted by molar-refractivity contribution is -0.123. The van der Waals surface area contributed by atoms with Gasteiger partial charge >= 0.3 is 0 Å². The molecule has 1 heterocycles. The van der Waals surface area contributed by atoms with Gasteiger partial charge in [0, 0.05) is 18.3 Å². The Morgan fingerprint density at radius 1 is 1.04 bits per heavy atom. The van der Waals surface area contributed by atoms with Crippen LogP contribution in [0.15, 0.2) is 54.6 Å². The molecule has 0 radical (unpaired) electrons. The molecule has 26 heavy (non-hydrogen) atoms. The monoisotopic (exact) mass is 372 g/mol. The molecule has 1 saturated heterocycles. The van der Waals surface area contributed by atoms with Crippen LogP contribution >= 0.6 is 0 Å². The molecule has 136 valence electrons. The lowest BCUT2D eigenvalue weighted by atomic mass is 9.95. The fourth-order valence-electron chi connectivity index (χ4n) is 2.96. The van der Waals surface area contributed by atoms with Gasteiger partial charge in [0.05, 0.1) is 16.9 Å². The topological polar surface area (TPSA) is 74.8 Å². The van der Waals surface area contributed by atoms with Gasteiger partial charge in [-0.25, -0.2) is 12.7 Å². The number of benzene rings is 2. The lowest BCUT2D eigenvalue weighted by Crippen LogP contribution is -2.33. The summed E-state index contributed by atoms with van der Waals surface area (Å²) in [4.78, 5) is 26.5. The first kappa shape index (κ1) is 18.1. The minimum absolute atomic E-state index is 0.223. The van der Waals surface area contributed by atoms with Gasteiger partial charge in [-0.3, -0.25) is 9.59 Å². The third-order valence-corrected chi connectivity index (χ3v) is 6.40. The zero-order valence-electron chi connectivity index (χ0n) is 14.8. The van der Waals surface area contributed by atoms with E-state index in [1.165, 1.54) is 29.2 Å². The summed E-state index contributed by atoms with van der Waals surface area (Å²) in [5.41, 5.74) is 0.449. The summed E-state index contributed by atoms with van der Waals surface area (Å²) in [7, 11) is -2.03. The molecule has 0 saturated carbocycles. The third kappa shape index (κ3) is 3.10. The van der Waals surface area contributed by atoms with Crippen LogP contribution in [0.3, 0.4) is 0 Å². The van der Waals surface area contributed by atoms with Crippen molar-refractivity contribution < 1.29 is 18.0 Å². The van der Waals surface area contributed by atoms with Crippen LogP contribution in [-0.2, 0) is 14.8 Å². The van der Waals surface area contributed by atoms with Crippen molar-refractivity contribution in [2.45, 2.75) is 13.8 Å². The largest absolute Gasteiger partial charge is 0.311 e. The van der Waals surface area contributed by atoms with Gasteiger partial charge in [-0.05, 0) is 50.2 Å². The fourth-order valence-corrected chi connectivity index (χ4v) is 5.07. The number of nitrogens with zero attached hydrogens (tertiary/aromatic N) is 2. The molecule has 6 nitrogen and oxygen atoms in total. The second kappa shape index (κ2) is 6.25. The van der Waals surface area contributed by atoms with Crippen LogP contribution in [0.4, 0.5) is 11.4 Å². The van der Waals surface area contributed by atoms with Crippen LogP contribution in [0.2, 0.25) is 0 Å². The highest BCUT2D eigenvalue weighted by Gasteiger charge is 2.49. The molecule has 0 atom stereocenters. The minimum atomic E-state index is -3.70. The first-order valence-electron chi connectivity index (χ1n) is 8.14. The van der Waals surface area contributed by atoms with Gasteiger partial charge in [-0.2, -0.15) is 0 Å². The van der Waals surface area contributed by atoms with Crippen LogP contribution in [0.1, 0.15) is 24.2 Å². The molecule has 0 unspecified atom stereocenters. The number of hydrogen-bond donors (Lipinski definition) is 0. The van der Waals surface area contributed by atoms with E-state index in [1.807, 2.05) is 30.3 Å². The van der Waals surface area contributed by atoms with E-state index in [9.17, 15) is 18.0 Å². The van der Waals surface area contributed by atoms with Crippen molar-refractivity contribution in [3.63, 3.8) is 0 Å². The molecule has 0 aromatic heterocycles. The van der Waals surface area contributed by atoms with Gasteiger partial charge in [0.1, 0.15) is 0 Å². The van der Waals surface area contributed by atoms with Gasteiger partial charge in [0.15, 0.2) is 0 Å². The number of para-hydroxylation sites is 1. The van der Waals surface area contributed by atoms with E-state index in [-0.39, 0.29) is 17.3 Å². The zero-order valence-corrected chi connectivity index (χ0v) is 15.7. The molecule has 0 aliphatic carbocycles. The van der Waals surface area contributed by atoms with Crippen LogP contribution in [0.5, 0.6) is 0 Å². The Bertz CT molecular complexity index is 951. The van der Waals surface area contributed by atoms with Crippen LogP contribution in [0.25, 0.3) is 0 Å². The predicted octanol–water partition coefficient (Wildman–Crippen LogP) is 2.67. The molecule has 0 bridgehead atoms. The van der Waals surface area contributed by atoms with Crippen LogP contribution in [-0.4, -0.2) is 33.0 Å². The van der Waals surface area contributed by atoms with E-state index in [2.05, 4.69) is 0 Å². The molecule has 2 aromatic carbocycles. The maximum atomic E-state index is 12.6. The van der Waals surface area contributed by atoms with E-state index in [4.69, 9.17) is 0 Å². The summed E-state index contributed by atoms with van der Waals surface area (Å²) < 4.78 is 25.5. The Hall–Kier alpha value is -2.67. The Kier molecular flexibility index (Phi) is 4.36. The summed E-state index contributed by atoms with van der Waals surface area (Å²) in [5, 5.41) is 0. The number of anilines is 2. The highest BCUT2D eigenvalue weighted by atomic mass is 32.2. The van der Waals surface area contributed by atoms with E-state index in [0.717, 1.165) is 9.99 Å². The van der Waals surface area contributed by atoms with Crippen molar-refractivity contribution in [1.82, 2.24) is 0 Å². The smallest absolute Gasteiger partial charge is 0.258 e. The van der Waals surface area contributed by atoms with E-state index < -0.39 is 21.3 Å². The summed E-state index contributed by atoms with van der Waals surface area (Å²) >= 11 is 0. The van der Waals surface area contributed by atoms with Crippen LogP contribution < -0.4 is 9.21 Å². The molecule has 1 aliphatic rings. The van der Waals surface area contributed by atoms with Gasteiger partial charge in [-0.15, -0.1) is 0 Å². The number of sulfonamides is 1. The van der Waals surface area contributed by atoms with Gasteiger partial charge in [-0.1, -0.05) is 18.2 Å². The first-order chi connectivity index (χ1) is 12.1. The standard InChI is InChI=1S/C19H20N2O4S/c1-19(2)13-26(24,25)21(18(19)23)16-11-9-14(10-12-16)17(22)20(3)15-7-5-4-6-8-15/h4-12H,13H2,1-3H3. The molecule has 2 aromatic rings. The van der Waals surface area contributed by atoms with Crippen molar-refractivity contribution in [1.29, 1.82) is 0 Å². The fraction of sp³-hybridized carbons (Fsp3) is 0.263. The van der Waals surface area contributed by atoms with Crippen molar-refractivity contribution in [2.24, 2.45) is 5.41 Å². The van der Waals surface area contributed by atoms with Crippen molar-refractivity contribution in [2.75, 3.05) is 22.0 Å². The maximum absolute atomic E-state index is 12.6. The van der Waals surface area contributed by atoms with Crippen molar-refractivity contribution >= 4 is 33.2 Å². The number of amides is 2. The lowest BCUT2D eigenvalue weighted by Gasteiger charge is -2.19. The molecule has 2 amide bonds. The zero-order chi connectivity index (χ0) is 19.1. The van der Waals surface area contributed by atoms with E-state index in [0.29, 0.717) is 5.56 Å². The summed E-state index contributed by atoms with van der Waals surface area (Å²) in [6, 6.07) is 15.2. The quantitative estimate of drug-likeness (QED) is 0.830. The molecule has 1 aliphatic heterocycles. The second-order valence-corrected chi connectivity index (χ2v) is 8.77. The average Bonchev–Trinajstić information content (AvgIpc) is 2.77. The summed E-state index contributed by atoms with van der Waals surface area (Å²) in [6.07, 6.45) is 0. The van der Waals surface area contributed by atoms with Crippen molar-refractivity contribution in [3.8, 4) is 0 Å². The number of carbonyl (C=O) groups excluding carboxylic acids is 2. The Morgan fingerprint density at radius 2 is 1.62 bits per heavy atom. The summed E-state index contributed by atoms with van der Waals surface area (Å²) in [5.74, 6) is -0.910. The molecule has 1 fully saturated rings. The van der Waals surface area contributed by atoms with Gasteiger partial charge in [0.25, 0.3) is 5.91 Å². The number of rotatable bonds is 3. The van der Waals surface area contributed by atoms with E-state index >= 15 is 0 Å². The highest BCUT2D eigenvalue weighted by Crippen LogP contribution is 2.35. The molecule has 0 N–H and O–H groups in total. The Morgan fingerprint density at radius 3 is 2.12 bits per heavy atom. The van der Waals surface area contributed by atoms with Crippen molar-refractivity contribution in [3.05, 3.63) is 60.2 Å². The maximum Gasteiger partial charge on any atom is 0.258 e. The number of carbonyl (C=O) groups is 2. The average molecular weight is 372 g/mol. The molecule has 3 rings (SSSR count). The minimum Gasteiger partial charge on any atom is -0.311 e. The molecular weight excluding hydrogens is 352 g/mol. The third-order valence-electron chi connectivity index (χ3n) is 4.38. The van der Waals surface area contributed by atoms with Crippen LogP contribution in [0, 0.1) is 5.41 Å². The van der Waals surface area contributed by atoms with E-state index in [1.54, 1.807) is 20.9 Å². The summed E-state index contributed by atoms with van der Waals surface area (Å²) in [6.45, 7) is 3.22.